The van der Waals surface area contributed by atoms with E-state index in [9.17, 15) is 4.79 Å². The van der Waals surface area contributed by atoms with Gasteiger partial charge in [-0.3, -0.25) is 4.79 Å². The lowest BCUT2D eigenvalue weighted by Crippen LogP contribution is -2.29. The zero-order valence-corrected chi connectivity index (χ0v) is 11.1. The van der Waals surface area contributed by atoms with Crippen molar-refractivity contribution >= 4 is 12.0 Å². The number of rotatable bonds is 6. The molecule has 0 bridgehead atoms. The minimum atomic E-state index is -0.266. The second-order valence-corrected chi connectivity index (χ2v) is 3.68. The van der Waals surface area contributed by atoms with Gasteiger partial charge in [-0.15, -0.1) is 6.42 Å². The predicted octanol–water partition coefficient (Wildman–Crippen LogP) is 1.86. The van der Waals surface area contributed by atoms with E-state index in [0.717, 1.165) is 5.56 Å². The van der Waals surface area contributed by atoms with E-state index in [1.54, 1.807) is 13.2 Å². The van der Waals surface area contributed by atoms with Crippen LogP contribution in [0.1, 0.15) is 12.5 Å². The number of nitrogens with one attached hydrogen (secondary N) is 1. The Morgan fingerprint density at radius 3 is 2.89 bits per heavy atom. The molecule has 1 rings (SSSR count). The Balaban J connectivity index is 2.68. The Labute approximate surface area is 113 Å². The molecule has 0 saturated carbocycles. The average molecular weight is 259 g/mol. The van der Waals surface area contributed by atoms with Gasteiger partial charge in [0, 0.05) is 0 Å². The quantitative estimate of drug-likeness (QED) is 0.793. The first-order valence-corrected chi connectivity index (χ1v) is 5.85. The Bertz CT molecular complexity index is 501. The summed E-state index contributed by atoms with van der Waals surface area (Å²) in [4.78, 5) is 11.4. The van der Waals surface area contributed by atoms with Crippen molar-refractivity contribution in [1.29, 1.82) is 0 Å². The predicted molar refractivity (Wildman–Crippen MR) is 75.0 cm³/mol. The Hall–Kier alpha value is -2.41. The van der Waals surface area contributed by atoms with Crippen LogP contribution < -0.4 is 14.8 Å². The maximum absolute atomic E-state index is 11.4. The number of methoxy groups -OCH3 is 1. The van der Waals surface area contributed by atoms with Gasteiger partial charge in [0.25, 0.3) is 5.91 Å². The topological polar surface area (TPSA) is 47.6 Å². The number of amides is 1. The van der Waals surface area contributed by atoms with E-state index in [1.807, 2.05) is 31.2 Å². The van der Waals surface area contributed by atoms with Crippen molar-refractivity contribution in [3.63, 3.8) is 0 Å². The zero-order valence-electron chi connectivity index (χ0n) is 11.1. The summed E-state index contributed by atoms with van der Waals surface area (Å²) >= 11 is 0. The fraction of sp³-hybridized carbons (Fsp3) is 0.267. The van der Waals surface area contributed by atoms with Gasteiger partial charge in [0.15, 0.2) is 18.1 Å². The van der Waals surface area contributed by atoms with Crippen LogP contribution in [0.5, 0.6) is 11.5 Å². The summed E-state index contributed by atoms with van der Waals surface area (Å²) < 4.78 is 10.6. The van der Waals surface area contributed by atoms with Crippen LogP contribution in [0.4, 0.5) is 0 Å². The van der Waals surface area contributed by atoms with Crippen LogP contribution in [-0.4, -0.2) is 26.2 Å². The highest BCUT2D eigenvalue weighted by atomic mass is 16.5. The third kappa shape index (κ3) is 4.76. The third-order valence-electron chi connectivity index (χ3n) is 2.29. The summed E-state index contributed by atoms with van der Waals surface area (Å²) in [5.74, 6) is 3.16. The molecule has 0 unspecified atom stereocenters. The molecule has 4 nitrogen and oxygen atoms in total. The summed E-state index contributed by atoms with van der Waals surface area (Å²) in [7, 11) is 1.56. The van der Waals surface area contributed by atoms with Crippen LogP contribution in [0.15, 0.2) is 24.3 Å². The molecule has 0 fully saturated rings. The maximum atomic E-state index is 11.4. The molecule has 0 radical (unpaired) electrons. The maximum Gasteiger partial charge on any atom is 0.258 e. The molecule has 100 valence electrons. The highest BCUT2D eigenvalue weighted by molar-refractivity contribution is 5.77. The van der Waals surface area contributed by atoms with Crippen LogP contribution in [0.3, 0.4) is 0 Å². The molecule has 0 aliphatic rings. The van der Waals surface area contributed by atoms with Crippen LogP contribution >= 0.6 is 0 Å². The number of hydrogen-bond donors (Lipinski definition) is 1. The standard InChI is InChI=1S/C15H17NO3/c1-4-6-12-7-8-13(14(10-12)18-3)19-11-15(17)16-9-5-2/h2,4,6-8,10H,9,11H2,1,3H3,(H,16,17). The van der Waals surface area contributed by atoms with E-state index in [1.165, 1.54) is 0 Å². The van der Waals surface area contributed by atoms with Gasteiger partial charge >= 0.3 is 0 Å². The Morgan fingerprint density at radius 2 is 2.26 bits per heavy atom. The van der Waals surface area contributed by atoms with E-state index >= 15 is 0 Å². The molecule has 1 N–H and O–H groups in total. The van der Waals surface area contributed by atoms with Crippen LogP contribution in [0, 0.1) is 12.3 Å². The van der Waals surface area contributed by atoms with E-state index in [0.29, 0.717) is 11.5 Å². The molecular weight excluding hydrogens is 242 g/mol. The fourth-order valence-electron chi connectivity index (χ4n) is 1.44. The van der Waals surface area contributed by atoms with Crippen molar-refractivity contribution in [1.82, 2.24) is 5.32 Å². The molecule has 1 aromatic rings. The van der Waals surface area contributed by atoms with Crippen LogP contribution in [-0.2, 0) is 4.79 Å². The van der Waals surface area contributed by atoms with Crippen molar-refractivity contribution in [2.75, 3.05) is 20.3 Å². The smallest absolute Gasteiger partial charge is 0.258 e. The number of carbonyl (C=O) groups is 1. The highest BCUT2D eigenvalue weighted by Crippen LogP contribution is 2.28. The van der Waals surface area contributed by atoms with E-state index < -0.39 is 0 Å². The molecule has 1 amide bonds. The Morgan fingerprint density at radius 1 is 1.47 bits per heavy atom. The number of carbonyl (C=O) groups excluding carboxylic acids is 1. The van der Waals surface area contributed by atoms with Crippen molar-refractivity contribution in [3.05, 3.63) is 29.8 Å². The summed E-state index contributed by atoms with van der Waals surface area (Å²) in [6.45, 7) is 2.03. The number of hydrogen-bond acceptors (Lipinski definition) is 3. The van der Waals surface area contributed by atoms with E-state index in [2.05, 4.69) is 11.2 Å². The molecule has 0 saturated heterocycles. The summed E-state index contributed by atoms with van der Waals surface area (Å²) in [5.41, 5.74) is 1.00. The van der Waals surface area contributed by atoms with Crippen LogP contribution in [0.2, 0.25) is 0 Å². The summed E-state index contributed by atoms with van der Waals surface area (Å²) in [6, 6.07) is 5.49. The zero-order chi connectivity index (χ0) is 14.1. The Kier molecular flexibility index (Phi) is 6.04. The van der Waals surface area contributed by atoms with Crippen molar-refractivity contribution in [3.8, 4) is 23.8 Å². The minimum absolute atomic E-state index is 0.0962. The molecule has 19 heavy (non-hydrogen) atoms. The molecule has 0 aliphatic heterocycles. The third-order valence-corrected chi connectivity index (χ3v) is 2.29. The van der Waals surface area contributed by atoms with E-state index in [-0.39, 0.29) is 19.1 Å². The monoisotopic (exact) mass is 259 g/mol. The van der Waals surface area contributed by atoms with Gasteiger partial charge in [-0.2, -0.15) is 0 Å². The molecule has 1 aromatic carbocycles. The molecule has 0 aromatic heterocycles. The molecule has 4 heteroatoms. The first-order chi connectivity index (χ1) is 9.21. The number of allylic oxidation sites excluding steroid dienone is 1. The van der Waals surface area contributed by atoms with Gasteiger partial charge in [-0.25, -0.2) is 0 Å². The minimum Gasteiger partial charge on any atom is -0.493 e. The first-order valence-electron chi connectivity index (χ1n) is 5.85. The van der Waals surface area contributed by atoms with Gasteiger partial charge in [0.05, 0.1) is 13.7 Å². The lowest BCUT2D eigenvalue weighted by molar-refractivity contribution is -0.122. The lowest BCUT2D eigenvalue weighted by Gasteiger charge is -2.11. The molecular formula is C15H17NO3. The van der Waals surface area contributed by atoms with Gasteiger partial charge in [-0.05, 0) is 24.6 Å². The SMILES string of the molecule is C#CCNC(=O)COc1ccc(C=CC)cc1OC. The lowest BCUT2D eigenvalue weighted by atomic mass is 10.2. The van der Waals surface area contributed by atoms with Crippen molar-refractivity contribution in [2.24, 2.45) is 0 Å². The number of benzene rings is 1. The molecule has 0 heterocycles. The van der Waals surface area contributed by atoms with Gasteiger partial charge in [-0.1, -0.05) is 24.1 Å². The normalized spacial score (nSPS) is 9.95. The van der Waals surface area contributed by atoms with Gasteiger partial charge < -0.3 is 14.8 Å². The number of ether oxygens (including phenoxy) is 2. The largest absolute Gasteiger partial charge is 0.493 e. The average Bonchev–Trinajstić information content (AvgIpc) is 2.43. The summed E-state index contributed by atoms with van der Waals surface area (Å²) in [5, 5.41) is 2.52. The second kappa shape index (κ2) is 7.83. The van der Waals surface area contributed by atoms with Crippen molar-refractivity contribution < 1.29 is 14.3 Å². The second-order valence-electron chi connectivity index (χ2n) is 3.68. The molecule has 0 spiro atoms. The van der Waals surface area contributed by atoms with Crippen molar-refractivity contribution in [2.45, 2.75) is 6.92 Å². The van der Waals surface area contributed by atoms with Gasteiger partial charge in [0.1, 0.15) is 0 Å². The molecule has 0 aliphatic carbocycles. The van der Waals surface area contributed by atoms with Gasteiger partial charge in [0.2, 0.25) is 0 Å². The number of terminal acetylenes is 1. The van der Waals surface area contributed by atoms with Crippen LogP contribution in [0.25, 0.3) is 6.08 Å². The van der Waals surface area contributed by atoms with E-state index in [4.69, 9.17) is 15.9 Å². The fourth-order valence-corrected chi connectivity index (χ4v) is 1.44. The highest BCUT2D eigenvalue weighted by Gasteiger charge is 2.07. The molecule has 0 atom stereocenters. The summed E-state index contributed by atoms with van der Waals surface area (Å²) in [6.07, 6.45) is 8.93. The first kappa shape index (κ1) is 14.7.